The number of pyridine rings is 1. The third-order valence-electron chi connectivity index (χ3n) is 2.04. The van der Waals surface area contributed by atoms with E-state index in [1.807, 2.05) is 18.2 Å². The summed E-state index contributed by atoms with van der Waals surface area (Å²) in [4.78, 5) is 17.4. The molecule has 4 nitrogen and oxygen atoms in total. The summed E-state index contributed by atoms with van der Waals surface area (Å²) < 4.78 is 1.54. The third kappa shape index (κ3) is 1.25. The van der Waals surface area contributed by atoms with Crippen LogP contribution in [0, 0.1) is 0 Å². The van der Waals surface area contributed by atoms with E-state index in [0.717, 1.165) is 5.39 Å². The fraction of sp³-hybridized carbons (Fsp3) is 0.200. The molecule has 2 heterocycles. The first kappa shape index (κ1) is 8.74. The molecule has 0 unspecified atom stereocenters. The van der Waals surface area contributed by atoms with E-state index in [1.54, 1.807) is 26.5 Å². The van der Waals surface area contributed by atoms with Crippen molar-refractivity contribution in [1.82, 2.24) is 14.5 Å². The molecule has 0 fully saturated rings. The molecule has 4 heteroatoms. The summed E-state index contributed by atoms with van der Waals surface area (Å²) >= 11 is 0. The molecule has 0 radical (unpaired) electrons. The number of carbonyl (C=O) groups excluding carboxylic acids is 1. The summed E-state index contributed by atoms with van der Waals surface area (Å²) in [7, 11) is 3.44. The topological polar surface area (TPSA) is 38.1 Å². The van der Waals surface area contributed by atoms with Crippen LogP contribution < -0.4 is 0 Å². The zero-order valence-corrected chi connectivity index (χ0v) is 8.14. The second-order valence-electron chi connectivity index (χ2n) is 3.28. The molecule has 14 heavy (non-hydrogen) atoms. The second kappa shape index (κ2) is 3.14. The predicted octanol–water partition coefficient (Wildman–Crippen LogP) is 1.57. The van der Waals surface area contributed by atoms with Gasteiger partial charge in [0, 0.05) is 31.9 Å². The number of amides is 1. The monoisotopic (exact) mass is 189 g/mol. The van der Waals surface area contributed by atoms with Crippen molar-refractivity contribution in [2.75, 3.05) is 14.1 Å². The molecular formula is C10H11N3O. The van der Waals surface area contributed by atoms with Gasteiger partial charge in [-0.3, -0.25) is 4.57 Å². The van der Waals surface area contributed by atoms with Crippen molar-refractivity contribution in [3.8, 4) is 0 Å². The number of nitrogens with zero attached hydrogens (tertiary/aromatic N) is 3. The van der Waals surface area contributed by atoms with Gasteiger partial charge in [-0.15, -0.1) is 0 Å². The maximum absolute atomic E-state index is 11.7. The van der Waals surface area contributed by atoms with E-state index in [2.05, 4.69) is 4.98 Å². The molecule has 2 rings (SSSR count). The number of rotatable bonds is 0. The minimum atomic E-state index is -0.0845. The van der Waals surface area contributed by atoms with Gasteiger partial charge in [-0.1, -0.05) is 0 Å². The Morgan fingerprint density at radius 1 is 1.43 bits per heavy atom. The van der Waals surface area contributed by atoms with E-state index in [-0.39, 0.29) is 6.03 Å². The molecule has 0 aliphatic rings. The Kier molecular flexibility index (Phi) is 1.96. The van der Waals surface area contributed by atoms with Gasteiger partial charge in [0.25, 0.3) is 0 Å². The van der Waals surface area contributed by atoms with E-state index in [9.17, 15) is 4.79 Å². The number of hydrogen-bond acceptors (Lipinski definition) is 2. The van der Waals surface area contributed by atoms with Gasteiger partial charge in [-0.25, -0.2) is 9.78 Å². The Bertz CT molecular complexity index is 473. The first-order valence-corrected chi connectivity index (χ1v) is 4.34. The molecule has 0 atom stereocenters. The normalized spacial score (nSPS) is 10.4. The lowest BCUT2D eigenvalue weighted by Gasteiger charge is -2.10. The molecule has 1 amide bonds. The number of aromatic nitrogens is 2. The fourth-order valence-electron chi connectivity index (χ4n) is 1.34. The van der Waals surface area contributed by atoms with Crippen molar-refractivity contribution >= 4 is 17.1 Å². The Labute approximate surface area is 81.8 Å². The Morgan fingerprint density at radius 2 is 2.21 bits per heavy atom. The van der Waals surface area contributed by atoms with Gasteiger partial charge in [0.05, 0.1) is 0 Å². The van der Waals surface area contributed by atoms with Crippen LogP contribution in [-0.4, -0.2) is 34.6 Å². The van der Waals surface area contributed by atoms with E-state index in [0.29, 0.717) is 5.65 Å². The molecule has 0 aliphatic heterocycles. The van der Waals surface area contributed by atoms with E-state index < -0.39 is 0 Å². The van der Waals surface area contributed by atoms with Crippen LogP contribution in [0.4, 0.5) is 4.79 Å². The van der Waals surface area contributed by atoms with Crippen molar-refractivity contribution in [2.24, 2.45) is 0 Å². The number of hydrogen-bond donors (Lipinski definition) is 0. The summed E-state index contributed by atoms with van der Waals surface area (Å²) in [5.74, 6) is 0. The van der Waals surface area contributed by atoms with Gasteiger partial charge >= 0.3 is 6.03 Å². The molecule has 0 saturated carbocycles. The summed E-state index contributed by atoms with van der Waals surface area (Å²) in [5, 5.41) is 0.975. The molecule has 0 spiro atoms. The molecular weight excluding hydrogens is 178 g/mol. The van der Waals surface area contributed by atoms with Crippen LogP contribution in [0.2, 0.25) is 0 Å². The van der Waals surface area contributed by atoms with E-state index >= 15 is 0 Å². The quantitative estimate of drug-likeness (QED) is 0.630. The molecule has 0 saturated heterocycles. The van der Waals surface area contributed by atoms with Crippen molar-refractivity contribution in [3.63, 3.8) is 0 Å². The van der Waals surface area contributed by atoms with Crippen molar-refractivity contribution in [3.05, 3.63) is 30.6 Å². The van der Waals surface area contributed by atoms with Crippen LogP contribution in [0.1, 0.15) is 0 Å². The highest BCUT2D eigenvalue weighted by Crippen LogP contribution is 2.12. The van der Waals surface area contributed by atoms with E-state index in [4.69, 9.17) is 0 Å². The second-order valence-corrected chi connectivity index (χ2v) is 3.28. The summed E-state index contributed by atoms with van der Waals surface area (Å²) in [6.07, 6.45) is 3.42. The average molecular weight is 189 g/mol. The van der Waals surface area contributed by atoms with Crippen LogP contribution >= 0.6 is 0 Å². The highest BCUT2D eigenvalue weighted by Gasteiger charge is 2.10. The Hall–Kier alpha value is -1.84. The van der Waals surface area contributed by atoms with Crippen LogP contribution in [-0.2, 0) is 0 Å². The van der Waals surface area contributed by atoms with E-state index in [1.165, 1.54) is 9.47 Å². The highest BCUT2D eigenvalue weighted by molar-refractivity contribution is 5.88. The van der Waals surface area contributed by atoms with Crippen molar-refractivity contribution in [2.45, 2.75) is 0 Å². The molecule has 0 aliphatic carbocycles. The summed E-state index contributed by atoms with van der Waals surface area (Å²) in [5.41, 5.74) is 0.700. The Balaban J connectivity index is 2.58. The lowest BCUT2D eigenvalue weighted by molar-refractivity contribution is 0.220. The van der Waals surface area contributed by atoms with Gasteiger partial charge in [-0.05, 0) is 18.2 Å². The van der Waals surface area contributed by atoms with Crippen molar-refractivity contribution in [1.29, 1.82) is 0 Å². The lowest BCUT2D eigenvalue weighted by atomic mass is 10.3. The standard InChI is InChI=1S/C10H11N3O/c1-12(2)10(14)13-7-5-8-4-3-6-11-9(8)13/h3-7H,1-2H3. The van der Waals surface area contributed by atoms with Crippen LogP contribution in [0.3, 0.4) is 0 Å². The van der Waals surface area contributed by atoms with Crippen LogP contribution in [0.25, 0.3) is 11.0 Å². The minimum absolute atomic E-state index is 0.0845. The third-order valence-corrected chi connectivity index (χ3v) is 2.04. The average Bonchev–Trinajstić information content (AvgIpc) is 2.60. The predicted molar refractivity (Wildman–Crippen MR) is 54.2 cm³/mol. The first-order valence-electron chi connectivity index (χ1n) is 4.34. The fourth-order valence-corrected chi connectivity index (χ4v) is 1.34. The van der Waals surface area contributed by atoms with Gasteiger partial charge < -0.3 is 4.90 Å². The number of fused-ring (bicyclic) bond motifs is 1. The number of carbonyl (C=O) groups is 1. The van der Waals surface area contributed by atoms with Gasteiger partial charge in [-0.2, -0.15) is 0 Å². The van der Waals surface area contributed by atoms with Gasteiger partial charge in [0.2, 0.25) is 0 Å². The van der Waals surface area contributed by atoms with Gasteiger partial charge in [0.15, 0.2) is 0 Å². The molecule has 2 aromatic rings. The molecule has 2 aromatic heterocycles. The molecule has 0 bridgehead atoms. The largest absolute Gasteiger partial charge is 0.330 e. The maximum Gasteiger partial charge on any atom is 0.329 e. The van der Waals surface area contributed by atoms with Gasteiger partial charge in [0.1, 0.15) is 5.65 Å². The Morgan fingerprint density at radius 3 is 2.93 bits per heavy atom. The minimum Gasteiger partial charge on any atom is -0.330 e. The smallest absolute Gasteiger partial charge is 0.329 e. The SMILES string of the molecule is CN(C)C(=O)n1ccc2cccnc21. The molecule has 0 N–H and O–H groups in total. The zero-order valence-electron chi connectivity index (χ0n) is 8.14. The highest BCUT2D eigenvalue weighted by atomic mass is 16.2. The summed E-state index contributed by atoms with van der Waals surface area (Å²) in [6.45, 7) is 0. The van der Waals surface area contributed by atoms with Crippen LogP contribution in [0.5, 0.6) is 0 Å². The zero-order chi connectivity index (χ0) is 10.1. The maximum atomic E-state index is 11.7. The van der Waals surface area contributed by atoms with Crippen LogP contribution in [0.15, 0.2) is 30.6 Å². The first-order chi connectivity index (χ1) is 6.70. The molecule has 0 aromatic carbocycles. The lowest BCUT2D eigenvalue weighted by Crippen LogP contribution is -2.26. The van der Waals surface area contributed by atoms with Crippen molar-refractivity contribution < 1.29 is 4.79 Å². The molecule has 72 valence electrons. The summed E-state index contributed by atoms with van der Waals surface area (Å²) in [6, 6.07) is 5.58.